The van der Waals surface area contributed by atoms with Crippen LogP contribution < -0.4 is 14.8 Å². The first kappa shape index (κ1) is 26.8. The van der Waals surface area contributed by atoms with Gasteiger partial charge in [0.25, 0.3) is 0 Å². The van der Waals surface area contributed by atoms with E-state index in [0.29, 0.717) is 46.1 Å². The van der Waals surface area contributed by atoms with Crippen LogP contribution in [0.5, 0.6) is 11.5 Å². The predicted octanol–water partition coefficient (Wildman–Crippen LogP) is 7.28. The van der Waals surface area contributed by atoms with Crippen molar-refractivity contribution < 1.29 is 27.4 Å². The Labute approximate surface area is 229 Å². The summed E-state index contributed by atoms with van der Waals surface area (Å²) in [6.07, 6.45) is -2.19. The molecule has 5 rings (SSSR count). The molecule has 0 radical (unpaired) electrons. The molecule has 0 aliphatic carbocycles. The van der Waals surface area contributed by atoms with Crippen molar-refractivity contribution in [3.05, 3.63) is 102 Å². The molecule has 0 aliphatic rings. The van der Waals surface area contributed by atoms with E-state index in [9.17, 15) is 18.0 Å². The van der Waals surface area contributed by atoms with E-state index in [1.54, 1.807) is 62.9 Å². The van der Waals surface area contributed by atoms with Crippen LogP contribution in [0.4, 0.5) is 18.9 Å². The van der Waals surface area contributed by atoms with E-state index >= 15 is 0 Å². The zero-order valence-corrected chi connectivity index (χ0v) is 21.8. The number of halogens is 3. The van der Waals surface area contributed by atoms with Gasteiger partial charge in [-0.1, -0.05) is 24.3 Å². The van der Waals surface area contributed by atoms with E-state index < -0.39 is 11.7 Å². The van der Waals surface area contributed by atoms with Crippen LogP contribution in [0.25, 0.3) is 28.0 Å². The summed E-state index contributed by atoms with van der Waals surface area (Å²) in [5.41, 5.74) is 3.77. The second kappa shape index (κ2) is 11.1. The number of methoxy groups -OCH3 is 2. The number of carbonyl (C=O) groups excluding carboxylic acids is 1. The summed E-state index contributed by atoms with van der Waals surface area (Å²) in [4.78, 5) is 17.7. The monoisotopic (exact) mass is 545 g/mol. The molecule has 0 spiro atoms. The molecule has 9 heteroatoms. The highest BCUT2D eigenvalue weighted by Crippen LogP contribution is 2.34. The topological polar surface area (TPSA) is 64.9 Å². The molecule has 204 valence electrons. The molecule has 5 aromatic rings. The number of fused-ring (bicyclic) bond motifs is 1. The first-order valence-electron chi connectivity index (χ1n) is 12.5. The van der Waals surface area contributed by atoms with Crippen molar-refractivity contribution in [1.29, 1.82) is 0 Å². The highest BCUT2D eigenvalue weighted by atomic mass is 19.4. The predicted molar refractivity (Wildman–Crippen MR) is 148 cm³/mol. The Morgan fingerprint density at radius 2 is 1.57 bits per heavy atom. The Bertz CT molecular complexity index is 1660. The first-order valence-corrected chi connectivity index (χ1v) is 12.5. The number of hydrogen-bond acceptors (Lipinski definition) is 4. The van der Waals surface area contributed by atoms with Gasteiger partial charge in [0.15, 0.2) is 0 Å². The smallest absolute Gasteiger partial charge is 0.416 e. The number of hydrogen-bond donors (Lipinski definition) is 1. The molecule has 2 heterocycles. The number of alkyl halides is 3. The van der Waals surface area contributed by atoms with Crippen LogP contribution in [0.3, 0.4) is 0 Å². The number of rotatable bonds is 8. The van der Waals surface area contributed by atoms with Gasteiger partial charge in [-0.05, 0) is 78.2 Å². The Morgan fingerprint density at radius 3 is 2.30 bits per heavy atom. The summed E-state index contributed by atoms with van der Waals surface area (Å²) in [5, 5.41) is 2.89. The summed E-state index contributed by atoms with van der Waals surface area (Å²) < 4.78 is 52.4. The van der Waals surface area contributed by atoms with Crippen LogP contribution in [-0.2, 0) is 17.4 Å². The molecule has 0 saturated heterocycles. The minimum absolute atomic E-state index is 0.157. The average molecular weight is 546 g/mol. The molecule has 0 fully saturated rings. The van der Waals surface area contributed by atoms with Gasteiger partial charge in [-0.25, -0.2) is 4.98 Å². The van der Waals surface area contributed by atoms with Crippen LogP contribution in [0, 0.1) is 0 Å². The van der Waals surface area contributed by atoms with E-state index in [-0.39, 0.29) is 12.3 Å². The maximum absolute atomic E-state index is 13.4. The van der Waals surface area contributed by atoms with Crippen molar-refractivity contribution in [2.75, 3.05) is 19.5 Å². The van der Waals surface area contributed by atoms with Crippen LogP contribution in [-0.4, -0.2) is 29.5 Å². The summed E-state index contributed by atoms with van der Waals surface area (Å²) in [5.74, 6) is 1.15. The summed E-state index contributed by atoms with van der Waals surface area (Å²) >= 11 is 0. The summed E-state index contributed by atoms with van der Waals surface area (Å²) in [6.45, 7) is 0. The van der Waals surface area contributed by atoms with E-state index in [4.69, 9.17) is 14.5 Å². The van der Waals surface area contributed by atoms with E-state index in [1.165, 1.54) is 6.07 Å². The fourth-order valence-corrected chi connectivity index (χ4v) is 4.51. The third kappa shape index (κ3) is 5.78. The highest BCUT2D eigenvalue weighted by Gasteiger charge is 2.30. The number of nitrogens with zero attached hydrogens (tertiary/aromatic N) is 2. The maximum atomic E-state index is 13.4. The number of imidazole rings is 1. The van der Waals surface area contributed by atoms with Gasteiger partial charge in [0.2, 0.25) is 5.91 Å². The largest absolute Gasteiger partial charge is 0.497 e. The SMILES string of the molecule is COc1ccc(NC(=O)CCc2c(-c3cccc(OC)c3)nc3ccc(-c4cccc(C(F)(F)F)c4)cn23)cc1. The highest BCUT2D eigenvalue weighted by molar-refractivity contribution is 5.91. The second-order valence-electron chi connectivity index (χ2n) is 9.14. The van der Waals surface area contributed by atoms with Crippen molar-refractivity contribution in [2.24, 2.45) is 0 Å². The van der Waals surface area contributed by atoms with Gasteiger partial charge in [-0.2, -0.15) is 13.2 Å². The molecular weight excluding hydrogens is 519 g/mol. The van der Waals surface area contributed by atoms with Crippen molar-refractivity contribution in [2.45, 2.75) is 19.0 Å². The second-order valence-corrected chi connectivity index (χ2v) is 9.14. The minimum atomic E-state index is -4.45. The van der Waals surface area contributed by atoms with Gasteiger partial charge in [0.1, 0.15) is 17.1 Å². The van der Waals surface area contributed by atoms with E-state index in [2.05, 4.69) is 5.32 Å². The van der Waals surface area contributed by atoms with Gasteiger partial charge in [-0.3, -0.25) is 4.79 Å². The van der Waals surface area contributed by atoms with E-state index in [1.807, 2.05) is 28.7 Å². The van der Waals surface area contributed by atoms with Crippen molar-refractivity contribution in [3.63, 3.8) is 0 Å². The number of pyridine rings is 1. The molecule has 40 heavy (non-hydrogen) atoms. The number of benzene rings is 3. The molecule has 0 unspecified atom stereocenters. The zero-order valence-electron chi connectivity index (χ0n) is 21.8. The fourth-order valence-electron chi connectivity index (χ4n) is 4.51. The van der Waals surface area contributed by atoms with Crippen LogP contribution in [0.2, 0.25) is 0 Å². The Hall–Kier alpha value is -4.79. The molecule has 0 atom stereocenters. The Balaban J connectivity index is 1.51. The molecule has 1 amide bonds. The molecule has 0 aliphatic heterocycles. The van der Waals surface area contributed by atoms with Crippen LogP contribution >= 0.6 is 0 Å². The lowest BCUT2D eigenvalue weighted by Gasteiger charge is -2.11. The number of anilines is 1. The quantitative estimate of drug-likeness (QED) is 0.223. The Morgan fingerprint density at radius 1 is 0.850 bits per heavy atom. The maximum Gasteiger partial charge on any atom is 0.416 e. The van der Waals surface area contributed by atoms with Crippen LogP contribution in [0.1, 0.15) is 17.7 Å². The van der Waals surface area contributed by atoms with Crippen molar-refractivity contribution in [1.82, 2.24) is 9.38 Å². The molecule has 3 aromatic carbocycles. The van der Waals surface area contributed by atoms with Gasteiger partial charge in [0, 0.05) is 23.9 Å². The lowest BCUT2D eigenvalue weighted by molar-refractivity contribution is -0.137. The molecule has 1 N–H and O–H groups in total. The lowest BCUT2D eigenvalue weighted by Crippen LogP contribution is -2.13. The summed E-state index contributed by atoms with van der Waals surface area (Å²) in [7, 11) is 3.15. The molecule has 2 aromatic heterocycles. The van der Waals surface area contributed by atoms with Crippen molar-refractivity contribution in [3.8, 4) is 33.9 Å². The van der Waals surface area contributed by atoms with Gasteiger partial charge < -0.3 is 19.2 Å². The van der Waals surface area contributed by atoms with Crippen LogP contribution in [0.15, 0.2) is 91.1 Å². The zero-order chi connectivity index (χ0) is 28.3. The lowest BCUT2D eigenvalue weighted by atomic mass is 10.0. The summed E-state index contributed by atoms with van der Waals surface area (Å²) in [6, 6.07) is 23.2. The fraction of sp³-hybridized carbons (Fsp3) is 0.161. The number of aromatic nitrogens is 2. The number of nitrogens with one attached hydrogen (secondary N) is 1. The minimum Gasteiger partial charge on any atom is -0.497 e. The number of ether oxygens (including phenoxy) is 2. The molecule has 0 saturated carbocycles. The van der Waals surface area contributed by atoms with Gasteiger partial charge in [0.05, 0.1) is 31.2 Å². The van der Waals surface area contributed by atoms with E-state index in [0.717, 1.165) is 23.4 Å². The molecular formula is C31H26F3N3O3. The number of amides is 1. The van der Waals surface area contributed by atoms with Crippen molar-refractivity contribution >= 4 is 17.2 Å². The normalized spacial score (nSPS) is 11.4. The van der Waals surface area contributed by atoms with Gasteiger partial charge in [-0.15, -0.1) is 0 Å². The number of carbonyl (C=O) groups is 1. The molecule has 0 bridgehead atoms. The number of aryl methyl sites for hydroxylation is 1. The third-order valence-electron chi connectivity index (χ3n) is 6.55. The third-order valence-corrected chi connectivity index (χ3v) is 6.55. The van der Waals surface area contributed by atoms with Gasteiger partial charge >= 0.3 is 6.18 Å². The first-order chi connectivity index (χ1) is 19.2. The average Bonchev–Trinajstić information content (AvgIpc) is 3.34. The molecule has 6 nitrogen and oxygen atoms in total. The Kier molecular flexibility index (Phi) is 7.46. The standard InChI is InChI=1S/C31H26F3N3O3/c1-39-25-12-10-24(11-13-25)35-29(38)16-14-27-30(21-6-4-8-26(18-21)40-2)36-28-15-9-22(19-37(27)28)20-5-3-7-23(17-20)31(32,33)34/h3-13,15,17-19H,14,16H2,1-2H3,(H,35,38).